The first-order valence-electron chi connectivity index (χ1n) is 8.21. The topological polar surface area (TPSA) is 73.8 Å². The van der Waals surface area contributed by atoms with Gasteiger partial charge in [-0.2, -0.15) is 4.98 Å². The minimum absolute atomic E-state index is 0.0456. The summed E-state index contributed by atoms with van der Waals surface area (Å²) in [6.45, 7) is 0. The van der Waals surface area contributed by atoms with E-state index in [0.29, 0.717) is 22.6 Å². The first-order valence-corrected chi connectivity index (χ1v) is 10.9. The average molecular weight is 403 g/mol. The van der Waals surface area contributed by atoms with E-state index in [1.165, 1.54) is 22.2 Å². The molecular weight excluding hydrogens is 388 g/mol. The molecule has 0 atom stereocenters. The van der Waals surface area contributed by atoms with Crippen molar-refractivity contribution in [2.75, 3.05) is 0 Å². The molecular formula is C17H14N4O2S3. The molecule has 0 aliphatic heterocycles. The molecule has 0 aromatic carbocycles. The van der Waals surface area contributed by atoms with Crippen LogP contribution in [0.25, 0.3) is 21.0 Å². The van der Waals surface area contributed by atoms with Crippen LogP contribution in [0.15, 0.2) is 32.0 Å². The van der Waals surface area contributed by atoms with Crippen molar-refractivity contribution in [3.05, 3.63) is 44.1 Å². The Kier molecular flexibility index (Phi) is 3.95. The average Bonchev–Trinajstić information content (AvgIpc) is 3.40. The van der Waals surface area contributed by atoms with E-state index in [4.69, 9.17) is 9.51 Å². The molecule has 0 unspecified atom stereocenters. The van der Waals surface area contributed by atoms with Gasteiger partial charge in [-0.15, -0.1) is 22.7 Å². The van der Waals surface area contributed by atoms with Crippen molar-refractivity contribution < 1.29 is 4.52 Å². The van der Waals surface area contributed by atoms with Crippen molar-refractivity contribution >= 4 is 44.7 Å². The van der Waals surface area contributed by atoms with Gasteiger partial charge in [0.05, 0.1) is 16.0 Å². The van der Waals surface area contributed by atoms with Crippen molar-refractivity contribution in [3.8, 4) is 10.8 Å². The van der Waals surface area contributed by atoms with E-state index in [2.05, 4.69) is 10.1 Å². The van der Waals surface area contributed by atoms with Crippen molar-refractivity contribution in [1.82, 2.24) is 19.7 Å². The Morgan fingerprint density at radius 1 is 1.35 bits per heavy atom. The summed E-state index contributed by atoms with van der Waals surface area (Å²) in [4.78, 5) is 25.1. The normalized spacial score (nSPS) is 13.6. The highest BCUT2D eigenvalue weighted by molar-refractivity contribution is 7.98. The number of thiophene rings is 2. The number of hydrogen-bond donors (Lipinski definition) is 0. The van der Waals surface area contributed by atoms with Crippen LogP contribution in [0.1, 0.15) is 22.7 Å². The maximum absolute atomic E-state index is 12.8. The highest BCUT2D eigenvalue weighted by Gasteiger charge is 2.22. The minimum atomic E-state index is 0.0456. The molecule has 0 saturated carbocycles. The second-order valence-corrected chi connectivity index (χ2v) is 9.05. The molecule has 4 aromatic heterocycles. The highest BCUT2D eigenvalue weighted by atomic mass is 32.2. The molecule has 9 heteroatoms. The molecule has 0 saturated heterocycles. The van der Waals surface area contributed by atoms with E-state index >= 15 is 0 Å². The molecule has 0 bridgehead atoms. The maximum atomic E-state index is 12.8. The van der Waals surface area contributed by atoms with Gasteiger partial charge in [0.2, 0.25) is 0 Å². The zero-order valence-corrected chi connectivity index (χ0v) is 16.3. The Bertz CT molecular complexity index is 1160. The number of thioether (sulfide) groups is 1. The molecule has 4 heterocycles. The Morgan fingerprint density at radius 3 is 3.12 bits per heavy atom. The zero-order chi connectivity index (χ0) is 17.7. The first-order chi connectivity index (χ1) is 12.7. The summed E-state index contributed by atoms with van der Waals surface area (Å²) >= 11 is 4.68. The standard InChI is InChI=1S/C17H14N4O2S3/c1-21-16(22)13-9-4-2-5-10(9)26-15(13)19-17(21)25-8-12-18-14(23-20-12)11-6-3-7-24-11/h3,6-7H,2,4-5,8H2,1H3. The van der Waals surface area contributed by atoms with Gasteiger partial charge in [0.25, 0.3) is 11.4 Å². The fraction of sp³-hybridized carbons (Fsp3) is 0.294. The van der Waals surface area contributed by atoms with Gasteiger partial charge in [-0.05, 0) is 36.3 Å². The van der Waals surface area contributed by atoms with Crippen LogP contribution in [-0.2, 0) is 25.6 Å². The predicted molar refractivity (Wildman–Crippen MR) is 104 cm³/mol. The van der Waals surface area contributed by atoms with Gasteiger partial charge in [0.1, 0.15) is 4.83 Å². The van der Waals surface area contributed by atoms with Crippen molar-refractivity contribution in [2.24, 2.45) is 7.05 Å². The lowest BCUT2D eigenvalue weighted by atomic mass is 10.2. The van der Waals surface area contributed by atoms with Crippen LogP contribution >= 0.6 is 34.4 Å². The van der Waals surface area contributed by atoms with Crippen LogP contribution < -0.4 is 5.56 Å². The molecule has 6 nitrogen and oxygen atoms in total. The van der Waals surface area contributed by atoms with Gasteiger partial charge in [-0.25, -0.2) is 4.98 Å². The third-order valence-corrected chi connectivity index (χ3v) is 7.51. The number of aromatic nitrogens is 4. The summed E-state index contributed by atoms with van der Waals surface area (Å²) in [7, 11) is 1.78. The van der Waals surface area contributed by atoms with E-state index in [1.54, 1.807) is 34.3 Å². The third kappa shape index (κ3) is 2.62. The SMILES string of the molecule is Cn1c(SCc2noc(-c3cccs3)n2)nc2sc3c(c2c1=O)CCC3. The molecule has 0 spiro atoms. The maximum Gasteiger partial charge on any atom is 0.268 e. The van der Waals surface area contributed by atoms with Crippen LogP contribution in [0.3, 0.4) is 0 Å². The molecule has 5 rings (SSSR count). The molecule has 0 fully saturated rings. The van der Waals surface area contributed by atoms with E-state index in [-0.39, 0.29) is 5.56 Å². The number of rotatable bonds is 4. The van der Waals surface area contributed by atoms with E-state index in [9.17, 15) is 4.79 Å². The predicted octanol–water partition coefficient (Wildman–Crippen LogP) is 3.89. The number of aryl methyl sites for hydroxylation is 2. The summed E-state index contributed by atoms with van der Waals surface area (Å²) in [6.07, 6.45) is 3.20. The molecule has 132 valence electrons. The third-order valence-electron chi connectivity index (χ3n) is 4.44. The first kappa shape index (κ1) is 16.2. The lowest BCUT2D eigenvalue weighted by molar-refractivity contribution is 0.426. The number of nitrogens with zero attached hydrogens (tertiary/aromatic N) is 4. The van der Waals surface area contributed by atoms with Gasteiger partial charge >= 0.3 is 0 Å². The van der Waals surface area contributed by atoms with Gasteiger partial charge in [0, 0.05) is 11.9 Å². The van der Waals surface area contributed by atoms with Crippen LogP contribution in [0.5, 0.6) is 0 Å². The Labute approximate surface area is 160 Å². The Balaban J connectivity index is 1.43. The molecule has 4 aromatic rings. The smallest absolute Gasteiger partial charge is 0.268 e. The van der Waals surface area contributed by atoms with Crippen molar-refractivity contribution in [2.45, 2.75) is 30.2 Å². The molecule has 0 N–H and O–H groups in total. The molecule has 0 radical (unpaired) electrons. The monoisotopic (exact) mass is 402 g/mol. The zero-order valence-electron chi connectivity index (χ0n) is 13.9. The van der Waals surface area contributed by atoms with Crippen LogP contribution in [-0.4, -0.2) is 19.7 Å². The molecule has 26 heavy (non-hydrogen) atoms. The van der Waals surface area contributed by atoms with E-state index in [0.717, 1.165) is 34.4 Å². The largest absolute Gasteiger partial charge is 0.333 e. The highest BCUT2D eigenvalue weighted by Crippen LogP contribution is 2.35. The Morgan fingerprint density at radius 2 is 2.27 bits per heavy atom. The van der Waals surface area contributed by atoms with Gasteiger partial charge < -0.3 is 4.52 Å². The number of fused-ring (bicyclic) bond motifs is 3. The van der Waals surface area contributed by atoms with Gasteiger partial charge in [-0.1, -0.05) is 23.0 Å². The minimum Gasteiger partial charge on any atom is -0.333 e. The molecule has 0 amide bonds. The van der Waals surface area contributed by atoms with Gasteiger partial charge in [0.15, 0.2) is 11.0 Å². The number of hydrogen-bond acceptors (Lipinski definition) is 8. The van der Waals surface area contributed by atoms with Crippen LogP contribution in [0, 0.1) is 0 Å². The fourth-order valence-corrected chi connectivity index (χ4v) is 5.94. The van der Waals surface area contributed by atoms with E-state index < -0.39 is 0 Å². The van der Waals surface area contributed by atoms with Crippen molar-refractivity contribution in [3.63, 3.8) is 0 Å². The summed E-state index contributed by atoms with van der Waals surface area (Å²) in [5, 5.41) is 7.50. The van der Waals surface area contributed by atoms with Crippen LogP contribution in [0.4, 0.5) is 0 Å². The van der Waals surface area contributed by atoms with Crippen molar-refractivity contribution in [1.29, 1.82) is 0 Å². The second kappa shape index (κ2) is 6.33. The summed E-state index contributed by atoms with van der Waals surface area (Å²) in [6, 6.07) is 3.90. The summed E-state index contributed by atoms with van der Waals surface area (Å²) in [5.74, 6) is 1.63. The van der Waals surface area contributed by atoms with Crippen LogP contribution in [0.2, 0.25) is 0 Å². The summed E-state index contributed by atoms with van der Waals surface area (Å²) in [5.41, 5.74) is 1.26. The fourth-order valence-electron chi connectivity index (χ4n) is 3.18. The lowest BCUT2D eigenvalue weighted by Crippen LogP contribution is -2.20. The molecule has 1 aliphatic carbocycles. The quantitative estimate of drug-likeness (QED) is 0.381. The summed E-state index contributed by atoms with van der Waals surface area (Å²) < 4.78 is 6.95. The Hall–Kier alpha value is -1.97. The molecule has 1 aliphatic rings. The van der Waals surface area contributed by atoms with E-state index in [1.807, 2.05) is 17.5 Å². The lowest BCUT2D eigenvalue weighted by Gasteiger charge is -2.06. The second-order valence-electron chi connectivity index (χ2n) is 6.08. The van der Waals surface area contributed by atoms with Gasteiger partial charge in [-0.3, -0.25) is 9.36 Å².